The molecule has 0 radical (unpaired) electrons. The number of hydrogen-bond acceptors (Lipinski definition) is 4. The van der Waals surface area contributed by atoms with E-state index in [0.717, 1.165) is 5.39 Å². The molecular weight excluding hydrogens is 234 g/mol. The second-order valence-corrected chi connectivity index (χ2v) is 4.14. The topological polar surface area (TPSA) is 82.7 Å². The van der Waals surface area contributed by atoms with Crippen LogP contribution in [0, 0.1) is 0 Å². The van der Waals surface area contributed by atoms with Crippen molar-refractivity contribution in [3.63, 3.8) is 0 Å². The zero-order valence-corrected chi connectivity index (χ0v) is 9.96. The Morgan fingerprint density at radius 3 is 2.78 bits per heavy atom. The molecule has 3 N–H and O–H groups in total. The summed E-state index contributed by atoms with van der Waals surface area (Å²) in [6.45, 7) is 1.33. The Kier molecular flexibility index (Phi) is 3.64. The quantitative estimate of drug-likeness (QED) is 0.753. The van der Waals surface area contributed by atoms with Crippen LogP contribution in [0.3, 0.4) is 0 Å². The third kappa shape index (κ3) is 2.69. The fourth-order valence-corrected chi connectivity index (χ4v) is 1.70. The van der Waals surface area contributed by atoms with Crippen molar-refractivity contribution in [3.05, 3.63) is 36.1 Å². The van der Waals surface area contributed by atoms with Gasteiger partial charge in [0.15, 0.2) is 0 Å². The van der Waals surface area contributed by atoms with E-state index in [1.807, 2.05) is 18.2 Å². The number of benzene rings is 1. The van der Waals surface area contributed by atoms with Crippen LogP contribution in [0.1, 0.15) is 18.8 Å². The fourth-order valence-electron chi connectivity index (χ4n) is 1.70. The SMILES string of the molecule is CC(=O)NCC(O)C(O)c1cc2ccccc2o1. The molecule has 0 spiro atoms. The Morgan fingerprint density at radius 2 is 2.11 bits per heavy atom. The van der Waals surface area contributed by atoms with Crippen molar-refractivity contribution in [2.24, 2.45) is 0 Å². The standard InChI is InChI=1S/C13H15NO4/c1-8(15)14-7-10(16)13(17)12-6-9-4-2-3-5-11(9)18-12/h2-6,10,13,16-17H,7H2,1H3,(H,14,15). The Labute approximate surface area is 104 Å². The minimum atomic E-state index is -1.16. The lowest BCUT2D eigenvalue weighted by atomic mass is 10.1. The summed E-state index contributed by atoms with van der Waals surface area (Å²) in [7, 11) is 0. The zero-order chi connectivity index (χ0) is 13.1. The van der Waals surface area contributed by atoms with Crippen molar-refractivity contribution in [1.82, 2.24) is 5.32 Å². The zero-order valence-electron chi connectivity index (χ0n) is 9.96. The molecule has 0 bridgehead atoms. The van der Waals surface area contributed by atoms with Gasteiger partial charge in [0.2, 0.25) is 5.91 Å². The highest BCUT2D eigenvalue weighted by Crippen LogP contribution is 2.25. The first-order valence-electron chi connectivity index (χ1n) is 5.67. The first-order chi connectivity index (χ1) is 8.58. The number of amides is 1. The molecule has 96 valence electrons. The summed E-state index contributed by atoms with van der Waals surface area (Å²) < 4.78 is 5.44. The molecule has 2 aromatic rings. The molecule has 0 saturated carbocycles. The minimum absolute atomic E-state index is 0.0203. The summed E-state index contributed by atoms with van der Waals surface area (Å²) in [5.41, 5.74) is 0.651. The van der Waals surface area contributed by atoms with Crippen LogP contribution >= 0.6 is 0 Å². The maximum Gasteiger partial charge on any atom is 0.216 e. The van der Waals surface area contributed by atoms with Gasteiger partial charge >= 0.3 is 0 Å². The summed E-state index contributed by atoms with van der Waals surface area (Å²) in [5.74, 6) is 0.0277. The number of carbonyl (C=O) groups excluding carboxylic acids is 1. The molecule has 0 saturated heterocycles. The Hall–Kier alpha value is -1.85. The van der Waals surface area contributed by atoms with Crippen molar-refractivity contribution in [2.75, 3.05) is 6.54 Å². The summed E-state index contributed by atoms with van der Waals surface area (Å²) >= 11 is 0. The van der Waals surface area contributed by atoms with Crippen molar-refractivity contribution in [2.45, 2.75) is 19.1 Å². The van der Waals surface area contributed by atoms with Gasteiger partial charge in [-0.2, -0.15) is 0 Å². The molecule has 5 nitrogen and oxygen atoms in total. The average molecular weight is 249 g/mol. The van der Waals surface area contributed by atoms with Gasteiger partial charge in [-0.1, -0.05) is 18.2 Å². The van der Waals surface area contributed by atoms with E-state index in [1.54, 1.807) is 12.1 Å². The van der Waals surface area contributed by atoms with Gasteiger partial charge < -0.3 is 19.9 Å². The Morgan fingerprint density at radius 1 is 1.39 bits per heavy atom. The molecule has 2 atom stereocenters. The van der Waals surface area contributed by atoms with Crippen LogP contribution in [0.2, 0.25) is 0 Å². The van der Waals surface area contributed by atoms with E-state index in [4.69, 9.17) is 4.42 Å². The first kappa shape index (κ1) is 12.6. The van der Waals surface area contributed by atoms with E-state index in [9.17, 15) is 15.0 Å². The number of para-hydroxylation sites is 1. The second-order valence-electron chi connectivity index (χ2n) is 4.14. The summed E-state index contributed by atoms with van der Waals surface area (Å²) in [6.07, 6.45) is -2.27. The van der Waals surface area contributed by atoms with E-state index in [0.29, 0.717) is 5.58 Å². The van der Waals surface area contributed by atoms with Gasteiger partial charge in [-0.15, -0.1) is 0 Å². The van der Waals surface area contributed by atoms with Crippen LogP contribution in [0.15, 0.2) is 34.7 Å². The third-order valence-corrected chi connectivity index (χ3v) is 2.66. The first-order valence-corrected chi connectivity index (χ1v) is 5.67. The second kappa shape index (κ2) is 5.20. The van der Waals surface area contributed by atoms with E-state index in [2.05, 4.69) is 5.32 Å². The number of carbonyl (C=O) groups is 1. The van der Waals surface area contributed by atoms with E-state index >= 15 is 0 Å². The highest BCUT2D eigenvalue weighted by molar-refractivity contribution is 5.77. The highest BCUT2D eigenvalue weighted by Gasteiger charge is 2.22. The molecule has 0 aliphatic heterocycles. The van der Waals surface area contributed by atoms with Crippen molar-refractivity contribution < 1.29 is 19.4 Å². The largest absolute Gasteiger partial charge is 0.458 e. The van der Waals surface area contributed by atoms with Crippen LogP contribution < -0.4 is 5.32 Å². The minimum Gasteiger partial charge on any atom is -0.458 e. The number of aliphatic hydroxyl groups excluding tert-OH is 2. The molecule has 1 aromatic heterocycles. The lowest BCUT2D eigenvalue weighted by Gasteiger charge is -2.15. The lowest BCUT2D eigenvalue weighted by Crippen LogP contribution is -2.34. The van der Waals surface area contributed by atoms with Gasteiger partial charge in [0.05, 0.1) is 0 Å². The van der Waals surface area contributed by atoms with E-state index in [-0.39, 0.29) is 18.2 Å². The molecule has 1 heterocycles. The van der Waals surface area contributed by atoms with Crippen LogP contribution in [0.4, 0.5) is 0 Å². The Bertz CT molecular complexity index is 516. The average Bonchev–Trinajstić information content (AvgIpc) is 2.78. The highest BCUT2D eigenvalue weighted by atomic mass is 16.4. The monoisotopic (exact) mass is 249 g/mol. The normalized spacial score (nSPS) is 14.4. The predicted molar refractivity (Wildman–Crippen MR) is 65.9 cm³/mol. The molecule has 1 amide bonds. The maximum atomic E-state index is 10.7. The predicted octanol–water partition coefficient (Wildman–Crippen LogP) is 0.963. The number of nitrogens with one attached hydrogen (secondary N) is 1. The summed E-state index contributed by atoms with van der Waals surface area (Å²) in [4.78, 5) is 10.7. The van der Waals surface area contributed by atoms with Crippen LogP contribution in [-0.2, 0) is 4.79 Å². The molecule has 0 aliphatic rings. The molecule has 0 fully saturated rings. The van der Waals surface area contributed by atoms with Gasteiger partial charge in [-0.25, -0.2) is 0 Å². The molecule has 2 rings (SSSR count). The third-order valence-electron chi connectivity index (χ3n) is 2.66. The molecule has 2 unspecified atom stereocenters. The number of fused-ring (bicyclic) bond motifs is 1. The van der Waals surface area contributed by atoms with Gasteiger partial charge in [0, 0.05) is 18.9 Å². The van der Waals surface area contributed by atoms with Crippen LogP contribution in [0.25, 0.3) is 11.0 Å². The molecule has 5 heteroatoms. The maximum absolute atomic E-state index is 10.7. The lowest BCUT2D eigenvalue weighted by molar-refractivity contribution is -0.119. The van der Waals surface area contributed by atoms with Crippen molar-refractivity contribution >= 4 is 16.9 Å². The van der Waals surface area contributed by atoms with Crippen molar-refractivity contribution in [3.8, 4) is 0 Å². The van der Waals surface area contributed by atoms with Gasteiger partial charge in [0.1, 0.15) is 23.6 Å². The van der Waals surface area contributed by atoms with Gasteiger partial charge in [0.25, 0.3) is 0 Å². The smallest absolute Gasteiger partial charge is 0.216 e. The van der Waals surface area contributed by atoms with Crippen LogP contribution in [0.5, 0.6) is 0 Å². The summed E-state index contributed by atoms with van der Waals surface area (Å²) in [6, 6.07) is 9.01. The van der Waals surface area contributed by atoms with E-state index in [1.165, 1.54) is 6.92 Å². The number of aliphatic hydroxyl groups is 2. The number of rotatable bonds is 4. The molecular formula is C13H15NO4. The van der Waals surface area contributed by atoms with Crippen molar-refractivity contribution in [1.29, 1.82) is 0 Å². The fraction of sp³-hybridized carbons (Fsp3) is 0.308. The summed E-state index contributed by atoms with van der Waals surface area (Å²) in [5, 5.41) is 22.9. The van der Waals surface area contributed by atoms with E-state index < -0.39 is 12.2 Å². The molecule has 18 heavy (non-hydrogen) atoms. The Balaban J connectivity index is 2.12. The molecule has 0 aliphatic carbocycles. The van der Waals surface area contributed by atoms with Gasteiger partial charge in [-0.05, 0) is 12.1 Å². The number of furan rings is 1. The van der Waals surface area contributed by atoms with Gasteiger partial charge in [-0.3, -0.25) is 4.79 Å². The van der Waals surface area contributed by atoms with Crippen LogP contribution in [-0.4, -0.2) is 28.8 Å². The molecule has 1 aromatic carbocycles. The number of hydrogen-bond donors (Lipinski definition) is 3.